The van der Waals surface area contributed by atoms with Crippen molar-refractivity contribution < 1.29 is 4.79 Å². The van der Waals surface area contributed by atoms with Crippen LogP contribution in [0.4, 0.5) is 5.82 Å². The van der Waals surface area contributed by atoms with Crippen LogP contribution in [0.1, 0.15) is 45.4 Å². The first-order valence-electron chi connectivity index (χ1n) is 7.04. The van der Waals surface area contributed by atoms with Gasteiger partial charge in [-0.25, -0.2) is 9.97 Å². The van der Waals surface area contributed by atoms with Gasteiger partial charge in [0.15, 0.2) is 0 Å². The first kappa shape index (κ1) is 15.0. The Morgan fingerprint density at radius 2 is 2.10 bits per heavy atom. The van der Waals surface area contributed by atoms with Crippen molar-refractivity contribution in [3.05, 3.63) is 17.0 Å². The third kappa shape index (κ3) is 4.34. The van der Waals surface area contributed by atoms with Gasteiger partial charge in [-0.05, 0) is 25.7 Å². The summed E-state index contributed by atoms with van der Waals surface area (Å²) in [5, 5.41) is 6.39. The van der Waals surface area contributed by atoms with E-state index in [1.807, 2.05) is 6.92 Å². The van der Waals surface area contributed by atoms with Gasteiger partial charge in [-0.2, -0.15) is 0 Å². The van der Waals surface area contributed by atoms with Gasteiger partial charge in [-0.15, -0.1) is 0 Å². The molecule has 1 fully saturated rings. The molecule has 0 aliphatic heterocycles. The Balaban J connectivity index is 1.96. The number of nitrogens with zero attached hydrogens (tertiary/aromatic N) is 2. The topological polar surface area (TPSA) is 66.9 Å². The summed E-state index contributed by atoms with van der Waals surface area (Å²) in [4.78, 5) is 20.6. The molecule has 0 aromatic carbocycles. The quantitative estimate of drug-likeness (QED) is 0.792. The average Bonchev–Trinajstić information content (AvgIpc) is 3.19. The normalized spacial score (nSPS) is 16.1. The number of halogens is 1. The van der Waals surface area contributed by atoms with E-state index in [9.17, 15) is 4.79 Å². The first-order valence-corrected chi connectivity index (χ1v) is 7.42. The number of anilines is 1. The van der Waals surface area contributed by atoms with Gasteiger partial charge in [-0.3, -0.25) is 4.79 Å². The zero-order chi connectivity index (χ0) is 14.7. The minimum absolute atomic E-state index is 0.0404. The highest BCUT2D eigenvalue weighted by molar-refractivity contribution is 6.29. The fourth-order valence-corrected chi connectivity index (χ4v) is 1.97. The molecule has 2 N–H and O–H groups in total. The average molecular weight is 297 g/mol. The second-order valence-electron chi connectivity index (χ2n) is 5.71. The first-order chi connectivity index (χ1) is 9.45. The molecule has 1 unspecified atom stereocenters. The number of aromatic nitrogens is 2. The van der Waals surface area contributed by atoms with Crippen LogP contribution in [0.2, 0.25) is 5.15 Å². The van der Waals surface area contributed by atoms with E-state index in [4.69, 9.17) is 11.6 Å². The Kier molecular flexibility index (Phi) is 4.81. The summed E-state index contributed by atoms with van der Waals surface area (Å²) in [6.07, 6.45) is 2.23. The van der Waals surface area contributed by atoms with Crippen LogP contribution >= 0.6 is 11.6 Å². The minimum Gasteiger partial charge on any atom is -0.358 e. The standard InChI is InChI=1S/C14H21ClN4O/c1-8(2)7-16-14(20)9(3)17-12-6-11(15)18-13(19-12)10-4-5-10/h6,8-10H,4-5,7H2,1-3H3,(H,16,20)(H,17,18,19). The van der Waals surface area contributed by atoms with Crippen LogP contribution in [0.5, 0.6) is 0 Å². The van der Waals surface area contributed by atoms with E-state index in [0.29, 0.717) is 29.4 Å². The summed E-state index contributed by atoms with van der Waals surface area (Å²) in [5.74, 6) is 2.20. The highest BCUT2D eigenvalue weighted by Crippen LogP contribution is 2.38. The van der Waals surface area contributed by atoms with Gasteiger partial charge in [-0.1, -0.05) is 25.4 Å². The summed E-state index contributed by atoms with van der Waals surface area (Å²) < 4.78 is 0. The molecule has 110 valence electrons. The summed E-state index contributed by atoms with van der Waals surface area (Å²) in [5.41, 5.74) is 0. The monoisotopic (exact) mass is 296 g/mol. The van der Waals surface area contributed by atoms with Crippen LogP contribution in [0.25, 0.3) is 0 Å². The van der Waals surface area contributed by atoms with Gasteiger partial charge < -0.3 is 10.6 Å². The number of carbonyl (C=O) groups is 1. The van der Waals surface area contributed by atoms with E-state index in [1.165, 1.54) is 0 Å². The Morgan fingerprint density at radius 1 is 1.40 bits per heavy atom. The lowest BCUT2D eigenvalue weighted by Gasteiger charge is -2.16. The Morgan fingerprint density at radius 3 is 2.70 bits per heavy atom. The lowest BCUT2D eigenvalue weighted by atomic mass is 10.2. The molecule has 0 bridgehead atoms. The van der Waals surface area contributed by atoms with Crippen molar-refractivity contribution in [2.45, 2.75) is 45.6 Å². The fourth-order valence-electron chi connectivity index (χ4n) is 1.78. The van der Waals surface area contributed by atoms with Crippen molar-refractivity contribution in [3.63, 3.8) is 0 Å². The van der Waals surface area contributed by atoms with Crippen molar-refractivity contribution >= 4 is 23.3 Å². The molecule has 1 aliphatic rings. The van der Waals surface area contributed by atoms with Crippen LogP contribution in [0.15, 0.2) is 6.07 Å². The summed E-state index contributed by atoms with van der Waals surface area (Å²) >= 11 is 6.00. The predicted octanol–water partition coefficient (Wildman–Crippen LogP) is 2.58. The van der Waals surface area contributed by atoms with Gasteiger partial charge >= 0.3 is 0 Å². The zero-order valence-electron chi connectivity index (χ0n) is 12.1. The van der Waals surface area contributed by atoms with Gasteiger partial charge in [0, 0.05) is 18.5 Å². The van der Waals surface area contributed by atoms with Crippen molar-refractivity contribution in [3.8, 4) is 0 Å². The second kappa shape index (κ2) is 6.39. The Labute approximate surface area is 124 Å². The largest absolute Gasteiger partial charge is 0.358 e. The number of nitrogens with one attached hydrogen (secondary N) is 2. The van der Waals surface area contributed by atoms with Crippen molar-refractivity contribution in [2.24, 2.45) is 5.92 Å². The number of amides is 1. The number of hydrogen-bond acceptors (Lipinski definition) is 4. The van der Waals surface area contributed by atoms with Gasteiger partial charge in [0.1, 0.15) is 22.8 Å². The van der Waals surface area contributed by atoms with E-state index in [1.54, 1.807) is 6.07 Å². The fraction of sp³-hybridized carbons (Fsp3) is 0.643. The third-order valence-corrected chi connectivity index (χ3v) is 3.29. The zero-order valence-corrected chi connectivity index (χ0v) is 12.9. The van der Waals surface area contributed by atoms with Crippen LogP contribution in [-0.2, 0) is 4.79 Å². The summed E-state index contributed by atoms with van der Waals surface area (Å²) in [6.45, 7) is 6.60. The third-order valence-electron chi connectivity index (χ3n) is 3.10. The lowest BCUT2D eigenvalue weighted by Crippen LogP contribution is -2.39. The molecule has 1 aromatic heterocycles. The van der Waals surface area contributed by atoms with Crippen LogP contribution < -0.4 is 10.6 Å². The van der Waals surface area contributed by atoms with Crippen LogP contribution in [0, 0.1) is 5.92 Å². The van der Waals surface area contributed by atoms with Crippen molar-refractivity contribution in [1.29, 1.82) is 0 Å². The van der Waals surface area contributed by atoms with Crippen molar-refractivity contribution in [2.75, 3.05) is 11.9 Å². The molecular formula is C14H21ClN4O. The lowest BCUT2D eigenvalue weighted by molar-refractivity contribution is -0.121. The molecule has 1 aliphatic carbocycles. The van der Waals surface area contributed by atoms with Gasteiger partial charge in [0.2, 0.25) is 5.91 Å². The minimum atomic E-state index is -0.355. The van der Waals surface area contributed by atoms with Crippen molar-refractivity contribution in [1.82, 2.24) is 15.3 Å². The molecule has 0 saturated heterocycles. The van der Waals surface area contributed by atoms with Crippen LogP contribution in [0.3, 0.4) is 0 Å². The molecule has 20 heavy (non-hydrogen) atoms. The predicted molar refractivity (Wildman–Crippen MR) is 79.9 cm³/mol. The van der Waals surface area contributed by atoms with E-state index in [0.717, 1.165) is 18.7 Å². The molecule has 1 heterocycles. The molecule has 2 rings (SSSR count). The maximum absolute atomic E-state index is 11.9. The van der Waals surface area contributed by atoms with E-state index >= 15 is 0 Å². The maximum atomic E-state index is 11.9. The Hall–Kier alpha value is -1.36. The van der Waals surface area contributed by atoms with Gasteiger partial charge in [0.25, 0.3) is 0 Å². The molecular weight excluding hydrogens is 276 g/mol. The molecule has 1 amide bonds. The molecule has 5 nitrogen and oxygen atoms in total. The summed E-state index contributed by atoms with van der Waals surface area (Å²) in [7, 11) is 0. The number of hydrogen-bond donors (Lipinski definition) is 2. The molecule has 0 spiro atoms. The highest BCUT2D eigenvalue weighted by Gasteiger charge is 2.27. The van der Waals surface area contributed by atoms with E-state index in [2.05, 4.69) is 34.4 Å². The molecule has 1 saturated carbocycles. The number of carbonyl (C=O) groups excluding carboxylic acids is 1. The number of rotatable bonds is 6. The molecule has 0 radical (unpaired) electrons. The highest BCUT2D eigenvalue weighted by atomic mass is 35.5. The SMILES string of the molecule is CC(C)CNC(=O)C(C)Nc1cc(Cl)nc(C2CC2)n1. The molecule has 6 heteroatoms. The second-order valence-corrected chi connectivity index (χ2v) is 6.10. The maximum Gasteiger partial charge on any atom is 0.242 e. The Bertz CT molecular complexity index is 488. The molecule has 1 atom stereocenters. The summed E-state index contributed by atoms with van der Waals surface area (Å²) in [6, 6.07) is 1.30. The van der Waals surface area contributed by atoms with Gasteiger partial charge in [0.05, 0.1) is 0 Å². The van der Waals surface area contributed by atoms with E-state index < -0.39 is 0 Å². The van der Waals surface area contributed by atoms with E-state index in [-0.39, 0.29) is 11.9 Å². The molecule has 1 aromatic rings. The van der Waals surface area contributed by atoms with Crippen LogP contribution in [-0.4, -0.2) is 28.5 Å². The smallest absolute Gasteiger partial charge is 0.242 e.